The lowest BCUT2D eigenvalue weighted by molar-refractivity contribution is 0.0527. The van der Waals surface area contributed by atoms with Gasteiger partial charge in [-0.05, 0) is 42.8 Å². The van der Waals surface area contributed by atoms with Crippen LogP contribution in [0.5, 0.6) is 5.75 Å². The summed E-state index contributed by atoms with van der Waals surface area (Å²) in [5.41, 5.74) is 4.36. The number of aromatic nitrogens is 2. The lowest BCUT2D eigenvalue weighted by atomic mass is 10.0. The molecular formula is C27H24N2O3. The topological polar surface area (TPSA) is 53.3 Å². The molecule has 1 heterocycles. The molecule has 0 radical (unpaired) electrons. The molecule has 0 aliphatic rings. The molecule has 3 aromatic carbocycles. The van der Waals surface area contributed by atoms with Crippen LogP contribution >= 0.6 is 0 Å². The predicted molar refractivity (Wildman–Crippen MR) is 127 cm³/mol. The number of ether oxygens (including phenoxy) is 2. The average Bonchev–Trinajstić information content (AvgIpc) is 3.24. The van der Waals surface area contributed by atoms with Crippen LogP contribution in [0.3, 0.4) is 0 Å². The van der Waals surface area contributed by atoms with Crippen molar-refractivity contribution >= 4 is 18.1 Å². The molecule has 5 heteroatoms. The third kappa shape index (κ3) is 4.47. The third-order valence-electron chi connectivity index (χ3n) is 5.00. The maximum atomic E-state index is 13.1. The molecule has 1 aromatic heterocycles. The molecular weight excluding hydrogens is 400 g/mol. The number of esters is 1. The van der Waals surface area contributed by atoms with Gasteiger partial charge in [0, 0.05) is 5.56 Å². The SMILES string of the molecule is CCOC(=O)c1c(-c2ccccc2)nn(-c2ccccc2)c1/C=C/c1ccc(OC)cc1. The molecule has 5 nitrogen and oxygen atoms in total. The van der Waals surface area contributed by atoms with Gasteiger partial charge in [-0.2, -0.15) is 5.10 Å². The van der Waals surface area contributed by atoms with Crippen LogP contribution in [0.4, 0.5) is 0 Å². The summed E-state index contributed by atoms with van der Waals surface area (Å²) in [6.45, 7) is 2.08. The molecule has 4 aromatic rings. The van der Waals surface area contributed by atoms with Crippen molar-refractivity contribution in [3.05, 3.63) is 102 Å². The van der Waals surface area contributed by atoms with Crippen molar-refractivity contribution in [2.75, 3.05) is 13.7 Å². The van der Waals surface area contributed by atoms with E-state index in [2.05, 4.69) is 0 Å². The first-order valence-electron chi connectivity index (χ1n) is 10.4. The first-order chi connectivity index (χ1) is 15.7. The average molecular weight is 425 g/mol. The maximum absolute atomic E-state index is 13.1. The summed E-state index contributed by atoms with van der Waals surface area (Å²) in [7, 11) is 1.64. The lowest BCUT2D eigenvalue weighted by Gasteiger charge is -2.07. The highest BCUT2D eigenvalue weighted by atomic mass is 16.5. The molecule has 4 rings (SSSR count). The predicted octanol–water partition coefficient (Wildman–Crippen LogP) is 5.90. The number of hydrogen-bond donors (Lipinski definition) is 0. The standard InChI is InChI=1S/C27H24N2O3/c1-3-32-27(30)25-24(19-16-20-14-17-23(31-2)18-15-20)29(22-12-8-5-9-13-22)28-26(25)21-10-6-4-7-11-21/h4-19H,3H2,1-2H3/b19-16+. The van der Waals surface area contributed by atoms with Gasteiger partial charge in [0.25, 0.3) is 0 Å². The molecule has 160 valence electrons. The second-order valence-corrected chi connectivity index (χ2v) is 7.05. The first-order valence-corrected chi connectivity index (χ1v) is 10.4. The fourth-order valence-corrected chi connectivity index (χ4v) is 3.44. The zero-order valence-electron chi connectivity index (χ0n) is 18.1. The summed E-state index contributed by atoms with van der Waals surface area (Å²) in [5, 5.41) is 4.84. The lowest BCUT2D eigenvalue weighted by Crippen LogP contribution is -2.08. The highest BCUT2D eigenvalue weighted by Gasteiger charge is 2.25. The number of methoxy groups -OCH3 is 1. The summed E-state index contributed by atoms with van der Waals surface area (Å²) in [5.74, 6) is 0.387. The van der Waals surface area contributed by atoms with Gasteiger partial charge < -0.3 is 9.47 Å². The van der Waals surface area contributed by atoms with Gasteiger partial charge in [-0.25, -0.2) is 9.48 Å². The smallest absolute Gasteiger partial charge is 0.342 e. The fourth-order valence-electron chi connectivity index (χ4n) is 3.44. The quantitative estimate of drug-likeness (QED) is 0.347. The highest BCUT2D eigenvalue weighted by Crippen LogP contribution is 2.30. The van der Waals surface area contributed by atoms with E-state index in [1.807, 2.05) is 97.1 Å². The van der Waals surface area contributed by atoms with E-state index in [0.717, 1.165) is 22.6 Å². The van der Waals surface area contributed by atoms with Gasteiger partial charge in [-0.15, -0.1) is 0 Å². The van der Waals surface area contributed by atoms with Gasteiger partial charge in [0.15, 0.2) is 0 Å². The van der Waals surface area contributed by atoms with Crippen molar-refractivity contribution in [1.82, 2.24) is 9.78 Å². The Labute approximate surface area is 187 Å². The van der Waals surface area contributed by atoms with E-state index in [0.29, 0.717) is 17.0 Å². The zero-order chi connectivity index (χ0) is 22.3. The van der Waals surface area contributed by atoms with Gasteiger partial charge in [0.2, 0.25) is 0 Å². The van der Waals surface area contributed by atoms with E-state index in [4.69, 9.17) is 14.6 Å². The molecule has 0 aliphatic carbocycles. The van der Waals surface area contributed by atoms with Crippen molar-refractivity contribution < 1.29 is 14.3 Å². The second kappa shape index (κ2) is 9.79. The molecule has 0 unspecified atom stereocenters. The largest absolute Gasteiger partial charge is 0.497 e. The molecule has 0 saturated carbocycles. The molecule has 0 N–H and O–H groups in total. The van der Waals surface area contributed by atoms with Crippen molar-refractivity contribution in [2.24, 2.45) is 0 Å². The minimum atomic E-state index is -0.400. The van der Waals surface area contributed by atoms with E-state index in [1.54, 1.807) is 18.7 Å². The molecule has 0 amide bonds. The van der Waals surface area contributed by atoms with Crippen molar-refractivity contribution in [2.45, 2.75) is 6.92 Å². The normalized spacial score (nSPS) is 10.9. The Morgan fingerprint density at radius 1 is 0.906 bits per heavy atom. The summed E-state index contributed by atoms with van der Waals surface area (Å²) >= 11 is 0. The van der Waals surface area contributed by atoms with Crippen LogP contribution in [-0.4, -0.2) is 29.5 Å². The Morgan fingerprint density at radius 3 is 2.19 bits per heavy atom. The Hall–Kier alpha value is -4.12. The molecule has 0 saturated heterocycles. The monoisotopic (exact) mass is 424 g/mol. The fraction of sp³-hybridized carbons (Fsp3) is 0.111. The Kier molecular flexibility index (Phi) is 6.46. The Bertz CT molecular complexity index is 1210. The van der Waals surface area contributed by atoms with E-state index in [9.17, 15) is 4.79 Å². The minimum Gasteiger partial charge on any atom is -0.497 e. The number of carbonyl (C=O) groups is 1. The van der Waals surface area contributed by atoms with E-state index in [1.165, 1.54) is 0 Å². The number of nitrogens with zero attached hydrogens (tertiary/aromatic N) is 2. The molecule has 0 fully saturated rings. The van der Waals surface area contributed by atoms with Crippen LogP contribution < -0.4 is 4.74 Å². The molecule has 0 spiro atoms. The second-order valence-electron chi connectivity index (χ2n) is 7.05. The van der Waals surface area contributed by atoms with E-state index >= 15 is 0 Å². The summed E-state index contributed by atoms with van der Waals surface area (Å²) in [4.78, 5) is 13.1. The van der Waals surface area contributed by atoms with Gasteiger partial charge in [0.05, 0.1) is 25.1 Å². The van der Waals surface area contributed by atoms with Crippen LogP contribution in [0.15, 0.2) is 84.9 Å². The van der Waals surface area contributed by atoms with E-state index in [-0.39, 0.29) is 6.61 Å². The van der Waals surface area contributed by atoms with Gasteiger partial charge in [0.1, 0.15) is 17.0 Å². The van der Waals surface area contributed by atoms with Gasteiger partial charge >= 0.3 is 5.97 Å². The summed E-state index contributed by atoms with van der Waals surface area (Å²) in [6.07, 6.45) is 3.86. The molecule has 32 heavy (non-hydrogen) atoms. The van der Waals surface area contributed by atoms with Crippen LogP contribution in [0.1, 0.15) is 28.5 Å². The van der Waals surface area contributed by atoms with Crippen molar-refractivity contribution in [3.63, 3.8) is 0 Å². The number of benzene rings is 3. The first kappa shape index (κ1) is 21.1. The van der Waals surface area contributed by atoms with Gasteiger partial charge in [-0.1, -0.05) is 66.7 Å². The number of para-hydroxylation sites is 1. The van der Waals surface area contributed by atoms with Crippen LogP contribution in [0.25, 0.3) is 29.1 Å². The van der Waals surface area contributed by atoms with Crippen LogP contribution in [0.2, 0.25) is 0 Å². The molecule has 0 atom stereocenters. The Balaban J connectivity index is 1.90. The highest BCUT2D eigenvalue weighted by molar-refractivity contribution is 6.00. The summed E-state index contributed by atoms with van der Waals surface area (Å²) < 4.78 is 12.4. The maximum Gasteiger partial charge on any atom is 0.342 e. The van der Waals surface area contributed by atoms with Crippen molar-refractivity contribution in [1.29, 1.82) is 0 Å². The number of rotatable bonds is 7. The van der Waals surface area contributed by atoms with Crippen LogP contribution in [-0.2, 0) is 4.74 Å². The Morgan fingerprint density at radius 2 is 1.56 bits per heavy atom. The van der Waals surface area contributed by atoms with Gasteiger partial charge in [-0.3, -0.25) is 0 Å². The number of hydrogen-bond acceptors (Lipinski definition) is 4. The number of carbonyl (C=O) groups excluding carboxylic acids is 1. The third-order valence-corrected chi connectivity index (χ3v) is 5.00. The minimum absolute atomic E-state index is 0.283. The van der Waals surface area contributed by atoms with Crippen molar-refractivity contribution in [3.8, 4) is 22.7 Å². The molecule has 0 aliphatic heterocycles. The summed E-state index contributed by atoms with van der Waals surface area (Å²) in [6, 6.07) is 27.2. The molecule has 0 bridgehead atoms. The van der Waals surface area contributed by atoms with E-state index < -0.39 is 5.97 Å². The zero-order valence-corrected chi connectivity index (χ0v) is 18.1. The van der Waals surface area contributed by atoms with Crippen LogP contribution in [0, 0.1) is 0 Å².